The SMILES string of the molecule is CCC(N)C(=O)c1ccc(C)cc1OC. The minimum atomic E-state index is -0.443. The number of ether oxygens (including phenoxy) is 1. The molecule has 0 aliphatic rings. The van der Waals surface area contributed by atoms with Gasteiger partial charge < -0.3 is 10.5 Å². The molecule has 0 aliphatic heterocycles. The molecular weight excluding hydrogens is 190 g/mol. The van der Waals surface area contributed by atoms with Gasteiger partial charge in [-0.1, -0.05) is 13.0 Å². The molecule has 3 nitrogen and oxygen atoms in total. The highest BCUT2D eigenvalue weighted by Gasteiger charge is 2.17. The molecule has 0 saturated heterocycles. The summed E-state index contributed by atoms with van der Waals surface area (Å²) in [7, 11) is 1.56. The van der Waals surface area contributed by atoms with E-state index in [1.54, 1.807) is 13.2 Å². The standard InChI is InChI=1S/C12H17NO2/c1-4-10(13)12(14)9-6-5-8(2)7-11(9)15-3/h5-7,10H,4,13H2,1-3H3. The van der Waals surface area contributed by atoms with Crippen LogP contribution in [-0.2, 0) is 0 Å². The Morgan fingerprint density at radius 2 is 2.20 bits per heavy atom. The lowest BCUT2D eigenvalue weighted by atomic mass is 10.0. The van der Waals surface area contributed by atoms with Gasteiger partial charge >= 0.3 is 0 Å². The van der Waals surface area contributed by atoms with E-state index in [4.69, 9.17) is 10.5 Å². The second-order valence-corrected chi connectivity index (χ2v) is 3.58. The Kier molecular flexibility index (Phi) is 3.86. The number of Topliss-reactive ketones (excluding diaryl/α,β-unsaturated/α-hetero) is 1. The first-order valence-electron chi connectivity index (χ1n) is 5.04. The molecule has 2 N–H and O–H groups in total. The number of rotatable bonds is 4. The third kappa shape index (κ3) is 2.57. The van der Waals surface area contributed by atoms with Crippen LogP contribution in [0.25, 0.3) is 0 Å². The van der Waals surface area contributed by atoms with Crippen molar-refractivity contribution < 1.29 is 9.53 Å². The van der Waals surface area contributed by atoms with Crippen molar-refractivity contribution in [1.29, 1.82) is 0 Å². The van der Waals surface area contributed by atoms with Crippen LogP contribution in [0.5, 0.6) is 5.75 Å². The molecule has 1 atom stereocenters. The second-order valence-electron chi connectivity index (χ2n) is 3.58. The van der Waals surface area contributed by atoms with Gasteiger partial charge in [0.05, 0.1) is 18.7 Å². The van der Waals surface area contributed by atoms with Crippen LogP contribution in [0.2, 0.25) is 0 Å². The maximum absolute atomic E-state index is 11.9. The third-order valence-electron chi connectivity index (χ3n) is 2.40. The van der Waals surface area contributed by atoms with Crippen molar-refractivity contribution in [2.45, 2.75) is 26.3 Å². The number of hydrogen-bond donors (Lipinski definition) is 1. The first-order valence-corrected chi connectivity index (χ1v) is 5.04. The van der Waals surface area contributed by atoms with E-state index in [2.05, 4.69) is 0 Å². The zero-order chi connectivity index (χ0) is 11.4. The Hall–Kier alpha value is -1.35. The summed E-state index contributed by atoms with van der Waals surface area (Å²) < 4.78 is 5.17. The van der Waals surface area contributed by atoms with Crippen molar-refractivity contribution in [3.8, 4) is 5.75 Å². The van der Waals surface area contributed by atoms with Crippen LogP contribution in [0.15, 0.2) is 18.2 Å². The van der Waals surface area contributed by atoms with E-state index in [0.717, 1.165) is 5.56 Å². The van der Waals surface area contributed by atoms with Crippen molar-refractivity contribution in [1.82, 2.24) is 0 Å². The molecule has 0 saturated carbocycles. The predicted octanol–water partition coefficient (Wildman–Crippen LogP) is 1.92. The molecule has 1 aromatic rings. The van der Waals surface area contributed by atoms with Crippen molar-refractivity contribution in [2.75, 3.05) is 7.11 Å². The zero-order valence-corrected chi connectivity index (χ0v) is 9.41. The molecule has 3 heteroatoms. The summed E-state index contributed by atoms with van der Waals surface area (Å²) in [6, 6.07) is 5.06. The average Bonchev–Trinajstić information content (AvgIpc) is 2.26. The van der Waals surface area contributed by atoms with E-state index in [-0.39, 0.29) is 5.78 Å². The monoisotopic (exact) mass is 207 g/mol. The summed E-state index contributed by atoms with van der Waals surface area (Å²) in [6.45, 7) is 3.85. The van der Waals surface area contributed by atoms with Crippen LogP contribution in [0.4, 0.5) is 0 Å². The molecule has 0 spiro atoms. The van der Waals surface area contributed by atoms with Gasteiger partial charge in [-0.2, -0.15) is 0 Å². The van der Waals surface area contributed by atoms with E-state index < -0.39 is 6.04 Å². The Morgan fingerprint density at radius 3 is 2.73 bits per heavy atom. The van der Waals surface area contributed by atoms with E-state index in [9.17, 15) is 4.79 Å². The average molecular weight is 207 g/mol. The fourth-order valence-corrected chi connectivity index (χ4v) is 1.39. The number of carbonyl (C=O) groups is 1. The summed E-state index contributed by atoms with van der Waals surface area (Å²) in [5, 5.41) is 0. The van der Waals surface area contributed by atoms with Gasteiger partial charge in [0.25, 0.3) is 0 Å². The van der Waals surface area contributed by atoms with Gasteiger partial charge in [-0.3, -0.25) is 4.79 Å². The summed E-state index contributed by atoms with van der Waals surface area (Å²) >= 11 is 0. The number of benzene rings is 1. The highest BCUT2D eigenvalue weighted by molar-refractivity contribution is 6.02. The van der Waals surface area contributed by atoms with Crippen molar-refractivity contribution in [2.24, 2.45) is 5.73 Å². The van der Waals surface area contributed by atoms with Gasteiger partial charge in [0.15, 0.2) is 5.78 Å². The first-order chi connectivity index (χ1) is 7.10. The molecule has 0 bridgehead atoms. The van der Waals surface area contributed by atoms with E-state index in [1.165, 1.54) is 0 Å². The minimum absolute atomic E-state index is 0.0608. The van der Waals surface area contributed by atoms with E-state index in [1.807, 2.05) is 26.0 Å². The molecule has 1 aromatic carbocycles. The number of aryl methyl sites for hydroxylation is 1. The number of carbonyl (C=O) groups excluding carboxylic acids is 1. The van der Waals surface area contributed by atoms with Crippen LogP contribution in [0.3, 0.4) is 0 Å². The molecular formula is C12H17NO2. The summed E-state index contributed by atoms with van der Waals surface area (Å²) in [4.78, 5) is 11.9. The number of methoxy groups -OCH3 is 1. The van der Waals surface area contributed by atoms with Crippen LogP contribution in [0.1, 0.15) is 29.3 Å². The molecule has 1 unspecified atom stereocenters. The Morgan fingerprint density at radius 1 is 1.53 bits per heavy atom. The Labute approximate surface area is 90.2 Å². The van der Waals surface area contributed by atoms with Gasteiger partial charge in [0.2, 0.25) is 0 Å². The maximum Gasteiger partial charge on any atom is 0.183 e. The number of nitrogens with two attached hydrogens (primary N) is 1. The highest BCUT2D eigenvalue weighted by atomic mass is 16.5. The molecule has 0 amide bonds. The maximum atomic E-state index is 11.9. The Balaban J connectivity index is 3.08. The van der Waals surface area contributed by atoms with E-state index in [0.29, 0.717) is 17.7 Å². The number of ketones is 1. The van der Waals surface area contributed by atoms with Crippen LogP contribution in [-0.4, -0.2) is 18.9 Å². The lowest BCUT2D eigenvalue weighted by Gasteiger charge is -2.11. The van der Waals surface area contributed by atoms with Gasteiger partial charge in [-0.05, 0) is 31.0 Å². The highest BCUT2D eigenvalue weighted by Crippen LogP contribution is 2.21. The lowest BCUT2D eigenvalue weighted by Crippen LogP contribution is -2.29. The smallest absolute Gasteiger partial charge is 0.183 e. The topological polar surface area (TPSA) is 52.3 Å². The zero-order valence-electron chi connectivity index (χ0n) is 9.41. The number of hydrogen-bond acceptors (Lipinski definition) is 3. The summed E-state index contributed by atoms with van der Waals surface area (Å²) in [5.41, 5.74) is 7.34. The fourth-order valence-electron chi connectivity index (χ4n) is 1.39. The van der Waals surface area contributed by atoms with Crippen molar-refractivity contribution in [3.05, 3.63) is 29.3 Å². The van der Waals surface area contributed by atoms with Gasteiger partial charge in [0.1, 0.15) is 5.75 Å². The van der Waals surface area contributed by atoms with Crippen molar-refractivity contribution in [3.63, 3.8) is 0 Å². The molecule has 0 aliphatic carbocycles. The summed E-state index contributed by atoms with van der Waals surface area (Å²) in [6.07, 6.45) is 0.635. The van der Waals surface area contributed by atoms with Crippen LogP contribution < -0.4 is 10.5 Å². The molecule has 0 fully saturated rings. The largest absolute Gasteiger partial charge is 0.496 e. The summed E-state index contributed by atoms with van der Waals surface area (Å²) in [5.74, 6) is 0.540. The quantitative estimate of drug-likeness (QED) is 0.767. The van der Waals surface area contributed by atoms with Crippen molar-refractivity contribution >= 4 is 5.78 Å². The molecule has 1 rings (SSSR count). The van der Waals surface area contributed by atoms with Gasteiger partial charge in [-0.15, -0.1) is 0 Å². The predicted molar refractivity (Wildman–Crippen MR) is 60.3 cm³/mol. The van der Waals surface area contributed by atoms with Gasteiger partial charge in [-0.25, -0.2) is 0 Å². The third-order valence-corrected chi connectivity index (χ3v) is 2.40. The minimum Gasteiger partial charge on any atom is -0.496 e. The van der Waals surface area contributed by atoms with Crippen LogP contribution in [0, 0.1) is 6.92 Å². The lowest BCUT2D eigenvalue weighted by molar-refractivity contribution is 0.0956. The van der Waals surface area contributed by atoms with Gasteiger partial charge in [0, 0.05) is 0 Å². The molecule has 0 aromatic heterocycles. The van der Waals surface area contributed by atoms with Crippen LogP contribution >= 0.6 is 0 Å². The molecule has 0 heterocycles. The first kappa shape index (κ1) is 11.7. The second kappa shape index (κ2) is 4.94. The Bertz CT molecular complexity index is 361. The fraction of sp³-hybridized carbons (Fsp3) is 0.417. The molecule has 15 heavy (non-hydrogen) atoms. The van der Waals surface area contributed by atoms with E-state index >= 15 is 0 Å². The molecule has 82 valence electrons. The normalized spacial score (nSPS) is 12.3. The molecule has 0 radical (unpaired) electrons.